The number of anilines is 2. The first-order chi connectivity index (χ1) is 7.22. The van der Waals surface area contributed by atoms with Gasteiger partial charge in [-0.25, -0.2) is 0 Å². The van der Waals surface area contributed by atoms with Crippen molar-refractivity contribution >= 4 is 17.3 Å². The van der Waals surface area contributed by atoms with Gasteiger partial charge in [0.25, 0.3) is 0 Å². The minimum atomic E-state index is -0.230. The van der Waals surface area contributed by atoms with Crippen molar-refractivity contribution in [3.63, 3.8) is 0 Å². The number of rotatable bonds is 2. The highest BCUT2D eigenvalue weighted by Gasteiger charge is 2.23. The molecule has 0 aromatic heterocycles. The molecule has 2 N–H and O–H groups in total. The maximum atomic E-state index is 11.2. The fourth-order valence-corrected chi connectivity index (χ4v) is 1.94. The average Bonchev–Trinajstić information content (AvgIpc) is 2.63. The third-order valence-corrected chi connectivity index (χ3v) is 2.67. The van der Waals surface area contributed by atoms with Crippen LogP contribution in [0.25, 0.3) is 0 Å². The zero-order chi connectivity index (χ0) is 10.8. The summed E-state index contributed by atoms with van der Waals surface area (Å²) in [5.74, 6) is -0.230. The minimum absolute atomic E-state index is 0.230. The van der Waals surface area contributed by atoms with Crippen molar-refractivity contribution in [1.29, 1.82) is 0 Å². The van der Waals surface area contributed by atoms with Gasteiger partial charge in [-0.3, -0.25) is 4.79 Å². The lowest BCUT2D eigenvalue weighted by Gasteiger charge is -2.19. The molecule has 1 heterocycles. The first-order valence-corrected chi connectivity index (χ1v) is 4.91. The van der Waals surface area contributed by atoms with Gasteiger partial charge < -0.3 is 15.4 Å². The molecular formula is C11H14N2O2. The molecule has 4 nitrogen and oxygen atoms in total. The molecule has 0 fully saturated rings. The van der Waals surface area contributed by atoms with Crippen LogP contribution in [0.4, 0.5) is 11.4 Å². The summed E-state index contributed by atoms with van der Waals surface area (Å²) in [5.41, 5.74) is 8.81. The standard InChI is InChI=1S/C11H14N2O2/c1-15-10(14)7-13-6-5-8-3-2-4-9(12)11(8)13/h2-4H,5-7,12H2,1H3. The number of nitrogen functional groups attached to an aromatic ring is 1. The Morgan fingerprint density at radius 2 is 2.40 bits per heavy atom. The van der Waals surface area contributed by atoms with Gasteiger partial charge in [-0.05, 0) is 18.1 Å². The number of hydrogen-bond acceptors (Lipinski definition) is 4. The molecule has 0 amide bonds. The molecule has 15 heavy (non-hydrogen) atoms. The fraction of sp³-hybridized carbons (Fsp3) is 0.364. The molecule has 1 aromatic carbocycles. The van der Waals surface area contributed by atoms with Gasteiger partial charge in [0.1, 0.15) is 6.54 Å². The van der Waals surface area contributed by atoms with Crippen molar-refractivity contribution in [3.05, 3.63) is 23.8 Å². The van der Waals surface area contributed by atoms with Crippen molar-refractivity contribution in [2.45, 2.75) is 6.42 Å². The Balaban J connectivity index is 2.24. The summed E-state index contributed by atoms with van der Waals surface area (Å²) in [5, 5.41) is 0. The zero-order valence-corrected chi connectivity index (χ0v) is 8.69. The zero-order valence-electron chi connectivity index (χ0n) is 8.69. The predicted molar refractivity (Wildman–Crippen MR) is 58.8 cm³/mol. The highest BCUT2D eigenvalue weighted by Crippen LogP contribution is 2.33. The van der Waals surface area contributed by atoms with Crippen LogP contribution in [0.15, 0.2) is 18.2 Å². The normalized spacial score (nSPS) is 13.8. The monoisotopic (exact) mass is 206 g/mol. The van der Waals surface area contributed by atoms with Gasteiger partial charge >= 0.3 is 5.97 Å². The predicted octanol–water partition coefficient (Wildman–Crippen LogP) is 0.804. The molecule has 1 aromatic rings. The second-order valence-electron chi connectivity index (χ2n) is 3.60. The Hall–Kier alpha value is -1.71. The molecule has 0 atom stereocenters. The number of methoxy groups -OCH3 is 1. The van der Waals surface area contributed by atoms with Crippen LogP contribution in [0.5, 0.6) is 0 Å². The molecule has 0 saturated heterocycles. The summed E-state index contributed by atoms with van der Waals surface area (Å²) in [6, 6.07) is 5.84. The van der Waals surface area contributed by atoms with E-state index in [4.69, 9.17) is 5.73 Å². The molecule has 4 heteroatoms. The van der Waals surface area contributed by atoms with Crippen LogP contribution < -0.4 is 10.6 Å². The summed E-state index contributed by atoms with van der Waals surface area (Å²) in [4.78, 5) is 13.2. The van der Waals surface area contributed by atoms with Crippen LogP contribution in [-0.2, 0) is 16.0 Å². The van der Waals surface area contributed by atoms with E-state index in [0.717, 1.165) is 24.3 Å². The van der Waals surface area contributed by atoms with Gasteiger partial charge in [0.15, 0.2) is 0 Å². The Kier molecular flexibility index (Phi) is 2.49. The van der Waals surface area contributed by atoms with Crippen LogP contribution in [0.3, 0.4) is 0 Å². The van der Waals surface area contributed by atoms with Gasteiger partial charge in [0.05, 0.1) is 18.5 Å². The van der Waals surface area contributed by atoms with E-state index < -0.39 is 0 Å². The quantitative estimate of drug-likeness (QED) is 0.574. The third kappa shape index (κ3) is 1.75. The number of carbonyl (C=O) groups excluding carboxylic acids is 1. The highest BCUT2D eigenvalue weighted by atomic mass is 16.5. The number of nitrogens with two attached hydrogens (primary N) is 1. The summed E-state index contributed by atoms with van der Waals surface area (Å²) < 4.78 is 4.65. The van der Waals surface area contributed by atoms with E-state index in [1.165, 1.54) is 12.7 Å². The van der Waals surface area contributed by atoms with E-state index in [-0.39, 0.29) is 12.5 Å². The summed E-state index contributed by atoms with van der Waals surface area (Å²) in [6.45, 7) is 1.11. The molecule has 1 aliphatic heterocycles. The van der Waals surface area contributed by atoms with E-state index >= 15 is 0 Å². The highest BCUT2D eigenvalue weighted by molar-refractivity contribution is 5.81. The Morgan fingerprint density at radius 3 is 3.13 bits per heavy atom. The van der Waals surface area contributed by atoms with Gasteiger partial charge in [0, 0.05) is 6.54 Å². The number of para-hydroxylation sites is 1. The SMILES string of the molecule is COC(=O)CN1CCc2cccc(N)c21. The van der Waals surface area contributed by atoms with Gasteiger partial charge in [-0.15, -0.1) is 0 Å². The Bertz CT molecular complexity index is 390. The molecular weight excluding hydrogens is 192 g/mol. The molecule has 0 unspecified atom stereocenters. The fourth-order valence-electron chi connectivity index (χ4n) is 1.94. The number of fused-ring (bicyclic) bond motifs is 1. The van der Waals surface area contributed by atoms with Gasteiger partial charge in [-0.1, -0.05) is 12.1 Å². The van der Waals surface area contributed by atoms with Crippen LogP contribution >= 0.6 is 0 Å². The first kappa shape index (κ1) is 9.83. The maximum absolute atomic E-state index is 11.2. The molecule has 0 radical (unpaired) electrons. The summed E-state index contributed by atoms with van der Waals surface area (Å²) >= 11 is 0. The molecule has 0 aliphatic carbocycles. The van der Waals surface area contributed by atoms with Crippen LogP contribution in [-0.4, -0.2) is 26.2 Å². The second-order valence-corrected chi connectivity index (χ2v) is 3.60. The summed E-state index contributed by atoms with van der Waals surface area (Å²) in [7, 11) is 1.40. The van der Waals surface area contributed by atoms with Crippen molar-refractivity contribution in [1.82, 2.24) is 0 Å². The van der Waals surface area contributed by atoms with E-state index in [2.05, 4.69) is 4.74 Å². The lowest BCUT2D eigenvalue weighted by Crippen LogP contribution is -2.29. The smallest absolute Gasteiger partial charge is 0.325 e. The molecule has 2 rings (SSSR count). The van der Waals surface area contributed by atoms with Crippen LogP contribution in [0, 0.1) is 0 Å². The molecule has 80 valence electrons. The molecule has 0 bridgehead atoms. The topological polar surface area (TPSA) is 55.6 Å². The maximum Gasteiger partial charge on any atom is 0.325 e. The van der Waals surface area contributed by atoms with Crippen molar-refractivity contribution in [2.24, 2.45) is 0 Å². The number of hydrogen-bond donors (Lipinski definition) is 1. The number of nitrogens with zero attached hydrogens (tertiary/aromatic N) is 1. The van der Waals surface area contributed by atoms with Crippen molar-refractivity contribution < 1.29 is 9.53 Å². The molecule has 1 aliphatic rings. The van der Waals surface area contributed by atoms with E-state index in [0.29, 0.717) is 0 Å². The summed E-state index contributed by atoms with van der Waals surface area (Å²) in [6.07, 6.45) is 0.942. The lowest BCUT2D eigenvalue weighted by atomic mass is 10.1. The second kappa shape index (κ2) is 3.81. The Morgan fingerprint density at radius 1 is 1.60 bits per heavy atom. The van der Waals surface area contributed by atoms with Crippen LogP contribution in [0.2, 0.25) is 0 Å². The lowest BCUT2D eigenvalue weighted by molar-refractivity contribution is -0.138. The number of ether oxygens (including phenoxy) is 1. The molecule has 0 spiro atoms. The van der Waals surface area contributed by atoms with Gasteiger partial charge in [-0.2, -0.15) is 0 Å². The number of esters is 1. The van der Waals surface area contributed by atoms with Crippen molar-refractivity contribution in [3.8, 4) is 0 Å². The molecule has 0 saturated carbocycles. The average molecular weight is 206 g/mol. The number of carbonyl (C=O) groups is 1. The van der Waals surface area contributed by atoms with Gasteiger partial charge in [0.2, 0.25) is 0 Å². The first-order valence-electron chi connectivity index (χ1n) is 4.91. The van der Waals surface area contributed by atoms with E-state index in [1.54, 1.807) is 0 Å². The largest absolute Gasteiger partial charge is 0.468 e. The third-order valence-electron chi connectivity index (χ3n) is 2.67. The van der Waals surface area contributed by atoms with Crippen molar-refractivity contribution in [2.75, 3.05) is 30.8 Å². The van der Waals surface area contributed by atoms with E-state index in [9.17, 15) is 4.79 Å². The van der Waals surface area contributed by atoms with Crippen LogP contribution in [0.1, 0.15) is 5.56 Å². The Labute approximate surface area is 88.6 Å². The minimum Gasteiger partial charge on any atom is -0.468 e. The van der Waals surface area contributed by atoms with E-state index in [1.807, 2.05) is 23.1 Å². The number of benzene rings is 1.